The van der Waals surface area contributed by atoms with Gasteiger partial charge in [0.05, 0.1) is 26.9 Å². The third-order valence-electron chi connectivity index (χ3n) is 4.78. The number of aliphatic imine (C=N–C) groups is 2. The van der Waals surface area contributed by atoms with E-state index in [4.69, 9.17) is 23.2 Å². The Morgan fingerprint density at radius 2 is 1.61 bits per heavy atom. The van der Waals surface area contributed by atoms with Crippen molar-refractivity contribution in [2.24, 2.45) is 9.98 Å². The Balaban J connectivity index is 2.17. The molecule has 2 aliphatic rings. The molecule has 2 N–H and O–H groups in total. The summed E-state index contributed by atoms with van der Waals surface area (Å²) in [7, 11) is 0. The first kappa shape index (κ1) is 28.7. The highest BCUT2D eigenvalue weighted by atomic mass is 35.5. The van der Waals surface area contributed by atoms with Gasteiger partial charge in [-0.2, -0.15) is 56.7 Å². The Labute approximate surface area is 212 Å². The maximum absolute atomic E-state index is 13.9. The second-order valence-electron chi connectivity index (χ2n) is 7.30. The zero-order chi connectivity index (χ0) is 27.1. The van der Waals surface area contributed by atoms with Crippen LogP contribution in [0.5, 0.6) is 0 Å². The molecule has 36 heavy (non-hydrogen) atoms. The maximum Gasteiger partial charge on any atom is 0.449 e. The van der Waals surface area contributed by atoms with Crippen molar-refractivity contribution in [1.82, 2.24) is 10.7 Å². The number of anilines is 1. The van der Waals surface area contributed by atoms with E-state index in [1.807, 2.05) is 6.92 Å². The quantitative estimate of drug-likeness (QED) is 0.291. The number of benzene rings is 1. The van der Waals surface area contributed by atoms with Crippen LogP contribution in [-0.4, -0.2) is 48.2 Å². The van der Waals surface area contributed by atoms with Crippen LogP contribution in [0.1, 0.15) is 18.9 Å². The minimum Gasteiger partial charge on any atom is -0.332 e. The van der Waals surface area contributed by atoms with E-state index in [2.05, 4.69) is 15.4 Å². The van der Waals surface area contributed by atoms with Crippen molar-refractivity contribution in [3.8, 4) is 0 Å². The average Bonchev–Trinajstić information content (AvgIpc) is 3.08. The van der Waals surface area contributed by atoms with Gasteiger partial charge in [-0.05, 0) is 30.1 Å². The number of hydrogen-bond acceptors (Lipinski definition) is 5. The van der Waals surface area contributed by atoms with E-state index >= 15 is 0 Å². The summed E-state index contributed by atoms with van der Waals surface area (Å²) in [6.07, 6.45) is -16.9. The van der Waals surface area contributed by atoms with Crippen LogP contribution in [-0.2, 0) is 6.18 Å². The number of nitrogens with zero attached hydrogens (tertiary/aromatic N) is 3. The van der Waals surface area contributed by atoms with Gasteiger partial charge in [0, 0.05) is 6.54 Å². The number of hydrogen-bond donors (Lipinski definition) is 2. The first-order valence-electron chi connectivity index (χ1n) is 10.0. The molecule has 1 aromatic rings. The number of amidine groups is 2. The normalized spacial score (nSPS) is 20.1. The van der Waals surface area contributed by atoms with Crippen molar-refractivity contribution in [3.05, 3.63) is 39.0 Å². The molecule has 1 saturated heterocycles. The molecule has 1 aromatic carbocycles. The van der Waals surface area contributed by atoms with E-state index in [0.29, 0.717) is 24.3 Å². The minimum atomic E-state index is -5.29. The molecule has 2 aliphatic heterocycles. The van der Waals surface area contributed by atoms with Crippen molar-refractivity contribution in [1.29, 1.82) is 0 Å². The van der Waals surface area contributed by atoms with Crippen LogP contribution < -0.4 is 15.8 Å². The predicted molar refractivity (Wildman–Crippen MR) is 120 cm³/mol. The fourth-order valence-corrected chi connectivity index (χ4v) is 4.59. The largest absolute Gasteiger partial charge is 0.449 e. The summed E-state index contributed by atoms with van der Waals surface area (Å²) in [5.41, 5.74) is -1.91. The zero-order valence-corrected chi connectivity index (χ0v) is 20.3. The van der Waals surface area contributed by atoms with E-state index in [1.54, 1.807) is 0 Å². The summed E-state index contributed by atoms with van der Waals surface area (Å²) < 4.78 is 121. The van der Waals surface area contributed by atoms with Crippen molar-refractivity contribution in [3.63, 3.8) is 0 Å². The second kappa shape index (κ2) is 10.5. The highest BCUT2D eigenvalue weighted by Crippen LogP contribution is 2.43. The first-order valence-corrected chi connectivity index (χ1v) is 11.9. The molecule has 0 bridgehead atoms. The lowest BCUT2D eigenvalue weighted by molar-refractivity contribution is -0.137. The Morgan fingerprint density at radius 3 is 2.11 bits per heavy atom. The Kier molecular flexibility index (Phi) is 8.38. The molecule has 0 aliphatic carbocycles. The van der Waals surface area contributed by atoms with Gasteiger partial charge in [-0.1, -0.05) is 30.1 Å². The summed E-state index contributed by atoms with van der Waals surface area (Å²) in [5.74, 6) is -1.09. The van der Waals surface area contributed by atoms with Gasteiger partial charge < -0.3 is 5.32 Å². The Bertz CT molecular complexity index is 1070. The molecule has 17 heteroatoms. The van der Waals surface area contributed by atoms with Crippen LogP contribution in [0.25, 0.3) is 0 Å². The standard InChI is InChI=1S/C19H16Cl2F9N5S/c1-2-36-5-3-4-31-15-11-13(18(25,26)27)32-16(19(28,29)30)33-14(11)34-35(15)12-9(20)6-8(7-10(12)21)17(22,23)24/h6-7,14,34H,2-5H2,1H3,(H,32,33). The molecule has 1 atom stereocenters. The summed E-state index contributed by atoms with van der Waals surface area (Å²) in [6.45, 7) is 1.84. The molecular weight excluding hydrogens is 572 g/mol. The van der Waals surface area contributed by atoms with Crippen LogP contribution >= 0.6 is 35.0 Å². The van der Waals surface area contributed by atoms with E-state index in [-0.39, 0.29) is 6.54 Å². The summed E-state index contributed by atoms with van der Waals surface area (Å²) in [4.78, 5) is 7.42. The van der Waals surface area contributed by atoms with Crippen LogP contribution in [0.2, 0.25) is 10.0 Å². The number of nitrogens with one attached hydrogen (secondary N) is 2. The monoisotopic (exact) mass is 587 g/mol. The zero-order valence-electron chi connectivity index (χ0n) is 18.0. The summed E-state index contributed by atoms with van der Waals surface area (Å²) in [5, 5.41) is 0.764. The van der Waals surface area contributed by atoms with Crippen molar-refractivity contribution in [2.75, 3.05) is 23.1 Å². The van der Waals surface area contributed by atoms with Crippen molar-refractivity contribution < 1.29 is 39.5 Å². The predicted octanol–water partition coefficient (Wildman–Crippen LogP) is 6.59. The molecule has 200 valence electrons. The minimum absolute atomic E-state index is 0.0480. The van der Waals surface area contributed by atoms with E-state index in [9.17, 15) is 39.5 Å². The topological polar surface area (TPSA) is 52.0 Å². The number of halogens is 11. The molecule has 0 amide bonds. The number of fused-ring (bicyclic) bond motifs is 1. The third-order valence-corrected chi connectivity index (χ3v) is 6.34. The van der Waals surface area contributed by atoms with Crippen molar-refractivity contribution in [2.45, 2.75) is 38.0 Å². The first-order chi connectivity index (χ1) is 16.6. The molecule has 0 saturated carbocycles. The van der Waals surface area contributed by atoms with Crippen LogP contribution in [0.4, 0.5) is 45.2 Å². The molecule has 1 fully saturated rings. The Hall–Kier alpha value is -1.84. The lowest BCUT2D eigenvalue weighted by Crippen LogP contribution is -2.47. The molecule has 3 rings (SSSR count). The maximum atomic E-state index is 13.9. The van der Waals surface area contributed by atoms with Gasteiger partial charge in [-0.3, -0.25) is 10.0 Å². The smallest absolute Gasteiger partial charge is 0.332 e. The lowest BCUT2D eigenvalue weighted by atomic mass is 10.1. The summed E-state index contributed by atoms with van der Waals surface area (Å²) >= 11 is 13.6. The molecule has 0 aromatic heterocycles. The van der Waals surface area contributed by atoms with E-state index in [0.717, 1.165) is 10.8 Å². The molecule has 5 nitrogen and oxygen atoms in total. The molecule has 0 spiro atoms. The second-order valence-corrected chi connectivity index (χ2v) is 9.50. The molecule has 2 heterocycles. The molecule has 0 radical (unpaired) electrons. The number of allylic oxidation sites excluding steroid dienone is 1. The number of rotatable bonds is 6. The van der Waals surface area contributed by atoms with Gasteiger partial charge in [0.1, 0.15) is 11.9 Å². The van der Waals surface area contributed by atoms with Crippen LogP contribution in [0, 0.1) is 0 Å². The summed E-state index contributed by atoms with van der Waals surface area (Å²) in [6, 6.07) is 0.979. The highest BCUT2D eigenvalue weighted by Gasteiger charge is 2.52. The van der Waals surface area contributed by atoms with Gasteiger partial charge >= 0.3 is 18.5 Å². The molecular formula is C19H16Cl2F9N5S. The van der Waals surface area contributed by atoms with E-state index < -0.39 is 68.9 Å². The average molecular weight is 588 g/mol. The fraction of sp³-hybridized carbons (Fsp3) is 0.474. The fourth-order valence-electron chi connectivity index (χ4n) is 3.31. The van der Waals surface area contributed by atoms with E-state index in [1.165, 1.54) is 17.1 Å². The van der Waals surface area contributed by atoms with Crippen LogP contribution in [0.15, 0.2) is 33.4 Å². The SMILES string of the molecule is CCSCCCN=C1C2=C(C(F)(F)F)NC(C(F)(F)F)=NC2NN1c1c(Cl)cc(C(F)(F)F)cc1Cl. The Morgan fingerprint density at radius 1 is 1.00 bits per heavy atom. The van der Waals surface area contributed by atoms with Gasteiger partial charge in [0.25, 0.3) is 0 Å². The number of alkyl halides is 9. The van der Waals surface area contributed by atoms with Crippen molar-refractivity contribution >= 4 is 52.3 Å². The number of hydrazine groups is 1. The third kappa shape index (κ3) is 6.17. The lowest BCUT2D eigenvalue weighted by Gasteiger charge is -2.25. The van der Waals surface area contributed by atoms with Gasteiger partial charge in [-0.15, -0.1) is 0 Å². The molecule has 1 unspecified atom stereocenters. The highest BCUT2D eigenvalue weighted by molar-refractivity contribution is 7.99. The van der Waals surface area contributed by atoms with Gasteiger partial charge in [-0.25, -0.2) is 4.99 Å². The van der Waals surface area contributed by atoms with Crippen LogP contribution in [0.3, 0.4) is 0 Å². The van der Waals surface area contributed by atoms with Gasteiger partial charge in [0.2, 0.25) is 5.84 Å². The number of thioether (sulfide) groups is 1. The van der Waals surface area contributed by atoms with Gasteiger partial charge in [0.15, 0.2) is 5.84 Å².